The average Bonchev–Trinajstić information content (AvgIpc) is 2.33. The summed E-state index contributed by atoms with van der Waals surface area (Å²) in [5.74, 6) is -1.72. The normalized spacial score (nSPS) is 14.7. The Bertz CT molecular complexity index is 294. The van der Waals surface area contributed by atoms with Gasteiger partial charge in [-0.2, -0.15) is 0 Å². The van der Waals surface area contributed by atoms with Gasteiger partial charge < -0.3 is 8.85 Å². The molecule has 2 atom stereocenters. The van der Waals surface area contributed by atoms with E-state index in [2.05, 4.69) is 0 Å². The third-order valence-corrected chi connectivity index (χ3v) is 4.84. The number of hydrogen-bond acceptors (Lipinski definition) is 4. The lowest BCUT2D eigenvalue weighted by Gasteiger charge is -2.10. The second kappa shape index (κ2) is 9.84. The predicted molar refractivity (Wildman–Crippen MR) is 77.1 cm³/mol. The molecule has 0 saturated heterocycles. The van der Waals surface area contributed by atoms with Crippen molar-refractivity contribution in [1.82, 2.24) is 0 Å². The standard InChI is InChI=1S/C12H22O4Si2/c1-5-7-9-17(3)15-11(13)12(14)16-18(4)10-8-6-2/h7-10,17-18H,5-6H2,1-4H3. The first-order valence-corrected chi connectivity index (χ1v) is 10.8. The molecule has 0 aromatic heterocycles. The molecule has 0 fully saturated rings. The van der Waals surface area contributed by atoms with Gasteiger partial charge in [-0.05, 0) is 25.9 Å². The van der Waals surface area contributed by atoms with Gasteiger partial charge in [0.1, 0.15) is 0 Å². The van der Waals surface area contributed by atoms with Gasteiger partial charge in [-0.15, -0.1) is 0 Å². The lowest BCUT2D eigenvalue weighted by atomic mass is 10.5. The van der Waals surface area contributed by atoms with Crippen LogP contribution in [0.2, 0.25) is 13.1 Å². The second-order valence-electron chi connectivity index (χ2n) is 3.89. The van der Waals surface area contributed by atoms with Gasteiger partial charge in [0.25, 0.3) is 18.1 Å². The zero-order chi connectivity index (χ0) is 14.0. The molecule has 0 radical (unpaired) electrons. The van der Waals surface area contributed by atoms with Gasteiger partial charge in [-0.3, -0.25) is 0 Å². The van der Waals surface area contributed by atoms with Crippen molar-refractivity contribution in [2.24, 2.45) is 0 Å². The highest BCUT2D eigenvalue weighted by Gasteiger charge is 2.21. The fourth-order valence-corrected chi connectivity index (χ4v) is 3.50. The van der Waals surface area contributed by atoms with Gasteiger partial charge in [0.15, 0.2) is 0 Å². The van der Waals surface area contributed by atoms with E-state index >= 15 is 0 Å². The van der Waals surface area contributed by atoms with E-state index in [9.17, 15) is 9.59 Å². The Balaban J connectivity index is 4.14. The summed E-state index contributed by atoms with van der Waals surface area (Å²) in [7, 11) is -3.47. The number of carbonyl (C=O) groups excluding carboxylic acids is 2. The van der Waals surface area contributed by atoms with Crippen LogP contribution in [-0.4, -0.2) is 30.0 Å². The van der Waals surface area contributed by atoms with Gasteiger partial charge in [0.2, 0.25) is 0 Å². The average molecular weight is 286 g/mol. The summed E-state index contributed by atoms with van der Waals surface area (Å²) in [5, 5.41) is 0. The molecule has 0 aliphatic rings. The Labute approximate surface area is 112 Å². The molecular weight excluding hydrogens is 264 g/mol. The van der Waals surface area contributed by atoms with Crippen LogP contribution >= 0.6 is 0 Å². The van der Waals surface area contributed by atoms with Crippen molar-refractivity contribution in [3.8, 4) is 0 Å². The van der Waals surface area contributed by atoms with Crippen LogP contribution in [0.4, 0.5) is 0 Å². The van der Waals surface area contributed by atoms with E-state index in [0.29, 0.717) is 0 Å². The van der Waals surface area contributed by atoms with Crippen LogP contribution in [0.1, 0.15) is 26.7 Å². The molecule has 0 amide bonds. The molecule has 102 valence electrons. The largest absolute Gasteiger partial charge is 0.510 e. The fraction of sp³-hybridized carbons (Fsp3) is 0.500. The van der Waals surface area contributed by atoms with Crippen LogP contribution in [0.15, 0.2) is 23.6 Å². The SMILES string of the molecule is CCC=C[SiH](C)OC(=O)C(=O)O[SiH](C)C=CCC. The van der Waals surface area contributed by atoms with Crippen molar-refractivity contribution in [2.45, 2.75) is 39.8 Å². The van der Waals surface area contributed by atoms with Crippen molar-refractivity contribution in [3.05, 3.63) is 23.6 Å². The number of hydrogen-bond donors (Lipinski definition) is 0. The molecule has 0 aromatic carbocycles. The molecule has 0 bridgehead atoms. The third-order valence-electron chi connectivity index (χ3n) is 2.04. The Hall–Kier alpha value is -1.15. The first-order valence-electron chi connectivity index (χ1n) is 6.26. The Morgan fingerprint density at radius 3 is 1.50 bits per heavy atom. The van der Waals surface area contributed by atoms with Crippen molar-refractivity contribution < 1.29 is 18.4 Å². The van der Waals surface area contributed by atoms with Gasteiger partial charge in [-0.25, -0.2) is 9.59 Å². The first-order chi connectivity index (χ1) is 8.51. The molecule has 18 heavy (non-hydrogen) atoms. The second-order valence-corrected chi connectivity index (χ2v) is 7.96. The maximum absolute atomic E-state index is 11.4. The molecule has 0 spiro atoms. The summed E-state index contributed by atoms with van der Waals surface area (Å²) in [4.78, 5) is 22.9. The van der Waals surface area contributed by atoms with Gasteiger partial charge in [0.05, 0.1) is 0 Å². The van der Waals surface area contributed by atoms with Crippen LogP contribution in [0.25, 0.3) is 0 Å². The van der Waals surface area contributed by atoms with E-state index in [0.717, 1.165) is 12.8 Å². The van der Waals surface area contributed by atoms with E-state index in [1.54, 1.807) is 0 Å². The molecule has 4 nitrogen and oxygen atoms in total. The zero-order valence-electron chi connectivity index (χ0n) is 11.5. The molecule has 0 aliphatic carbocycles. The maximum Gasteiger partial charge on any atom is 0.402 e. The van der Waals surface area contributed by atoms with E-state index in [-0.39, 0.29) is 0 Å². The van der Waals surface area contributed by atoms with Crippen molar-refractivity contribution >= 4 is 30.0 Å². The topological polar surface area (TPSA) is 52.6 Å². The lowest BCUT2D eigenvalue weighted by Crippen LogP contribution is -2.29. The van der Waals surface area contributed by atoms with E-state index in [4.69, 9.17) is 8.85 Å². The van der Waals surface area contributed by atoms with Gasteiger partial charge in [-0.1, -0.05) is 37.4 Å². The Kier molecular flexibility index (Phi) is 9.21. The summed E-state index contributed by atoms with van der Waals surface area (Å²) in [6.07, 6.45) is 5.67. The van der Waals surface area contributed by atoms with E-state index < -0.39 is 30.0 Å². The highest BCUT2D eigenvalue weighted by atomic mass is 28.3. The molecule has 0 heterocycles. The predicted octanol–water partition coefficient (Wildman–Crippen LogP) is 1.79. The molecule has 0 aromatic rings. The van der Waals surface area contributed by atoms with E-state index in [1.165, 1.54) is 0 Å². The highest BCUT2D eigenvalue weighted by molar-refractivity contribution is 6.63. The fourth-order valence-electron chi connectivity index (χ4n) is 1.17. The van der Waals surface area contributed by atoms with Crippen LogP contribution in [-0.2, 0) is 18.4 Å². The quantitative estimate of drug-likeness (QED) is 0.552. The van der Waals surface area contributed by atoms with Gasteiger partial charge >= 0.3 is 11.9 Å². The molecule has 2 unspecified atom stereocenters. The third kappa shape index (κ3) is 8.02. The minimum absolute atomic E-state index is 0.862. The summed E-state index contributed by atoms with van der Waals surface area (Å²) in [5.41, 5.74) is 3.76. The van der Waals surface area contributed by atoms with Crippen molar-refractivity contribution in [2.75, 3.05) is 0 Å². The maximum atomic E-state index is 11.4. The van der Waals surface area contributed by atoms with Gasteiger partial charge in [0, 0.05) is 0 Å². The highest BCUT2D eigenvalue weighted by Crippen LogP contribution is 1.96. The monoisotopic (exact) mass is 286 g/mol. The molecular formula is C12H22O4Si2. The number of carbonyl (C=O) groups is 2. The van der Waals surface area contributed by atoms with Crippen LogP contribution in [0, 0.1) is 0 Å². The lowest BCUT2D eigenvalue weighted by molar-refractivity contribution is -0.156. The Morgan fingerprint density at radius 2 is 1.22 bits per heavy atom. The Morgan fingerprint density at radius 1 is 0.889 bits per heavy atom. The summed E-state index contributed by atoms with van der Waals surface area (Å²) in [6.45, 7) is 7.69. The van der Waals surface area contributed by atoms with Crippen LogP contribution in [0.3, 0.4) is 0 Å². The first kappa shape index (κ1) is 16.9. The van der Waals surface area contributed by atoms with E-state index in [1.807, 2.05) is 50.5 Å². The molecule has 0 N–H and O–H groups in total. The summed E-state index contributed by atoms with van der Waals surface area (Å²) >= 11 is 0. The van der Waals surface area contributed by atoms with Crippen LogP contribution < -0.4 is 0 Å². The summed E-state index contributed by atoms with van der Waals surface area (Å²) in [6, 6.07) is 0. The molecule has 0 aliphatic heterocycles. The molecule has 6 heteroatoms. The minimum atomic E-state index is -1.73. The van der Waals surface area contributed by atoms with Crippen LogP contribution in [0.5, 0.6) is 0 Å². The summed E-state index contributed by atoms with van der Waals surface area (Å²) < 4.78 is 10.1. The number of rotatable bonds is 6. The molecule has 0 rings (SSSR count). The van der Waals surface area contributed by atoms with Crippen molar-refractivity contribution in [1.29, 1.82) is 0 Å². The smallest absolute Gasteiger partial charge is 0.402 e. The zero-order valence-corrected chi connectivity index (χ0v) is 13.8. The van der Waals surface area contributed by atoms with Crippen molar-refractivity contribution in [3.63, 3.8) is 0 Å². The number of allylic oxidation sites excluding steroid dienone is 2. The minimum Gasteiger partial charge on any atom is -0.510 e. The molecule has 0 saturated carbocycles.